The van der Waals surface area contributed by atoms with E-state index in [4.69, 9.17) is 14.2 Å². The first-order valence-electron chi connectivity index (χ1n) is 9.96. The second-order valence-corrected chi connectivity index (χ2v) is 7.44. The zero-order chi connectivity index (χ0) is 19.8. The summed E-state index contributed by atoms with van der Waals surface area (Å²) in [7, 11) is 1.60. The van der Waals surface area contributed by atoms with Gasteiger partial charge in [0.25, 0.3) is 0 Å². The van der Waals surface area contributed by atoms with E-state index in [9.17, 15) is 4.79 Å². The number of carbonyl (C=O) groups is 1. The molecule has 0 saturated carbocycles. The molecular formula is C22H23N3O4. The third-order valence-corrected chi connectivity index (χ3v) is 5.61. The summed E-state index contributed by atoms with van der Waals surface area (Å²) in [6.45, 7) is 1.83. The first-order chi connectivity index (χ1) is 14.2. The Balaban J connectivity index is 1.44. The second-order valence-electron chi connectivity index (χ2n) is 7.44. The van der Waals surface area contributed by atoms with Gasteiger partial charge in [-0.05, 0) is 44.1 Å². The van der Waals surface area contributed by atoms with Gasteiger partial charge in [0.15, 0.2) is 17.6 Å². The Morgan fingerprint density at radius 2 is 2.00 bits per heavy atom. The number of aromatic nitrogens is 2. The van der Waals surface area contributed by atoms with Crippen molar-refractivity contribution in [3.8, 4) is 17.2 Å². The number of hydrogen-bond acceptors (Lipinski definition) is 6. The third-order valence-electron chi connectivity index (χ3n) is 5.61. The van der Waals surface area contributed by atoms with E-state index >= 15 is 0 Å². The Hall–Kier alpha value is -3.06. The monoisotopic (exact) mass is 393 g/mol. The minimum atomic E-state index is -0.615. The highest BCUT2D eigenvalue weighted by Gasteiger charge is 2.37. The molecular weight excluding hydrogens is 370 g/mol. The molecule has 2 aromatic carbocycles. The summed E-state index contributed by atoms with van der Waals surface area (Å²) in [5.41, 5.74) is 2.31. The number of carbonyl (C=O) groups excluding carboxylic acids is 1. The highest BCUT2D eigenvalue weighted by atomic mass is 16.6. The number of nitrogens with one attached hydrogen (secondary N) is 2. The van der Waals surface area contributed by atoms with Crippen LogP contribution >= 0.6 is 0 Å². The summed E-state index contributed by atoms with van der Waals surface area (Å²) in [6, 6.07) is 11.4. The molecule has 0 amide bonds. The van der Waals surface area contributed by atoms with Crippen molar-refractivity contribution in [2.75, 3.05) is 20.2 Å². The molecule has 1 saturated heterocycles. The first kappa shape index (κ1) is 18.0. The van der Waals surface area contributed by atoms with Crippen LogP contribution in [0.2, 0.25) is 0 Å². The minimum Gasteiger partial charge on any atom is -0.493 e. The van der Waals surface area contributed by atoms with Crippen LogP contribution in [0.3, 0.4) is 0 Å². The van der Waals surface area contributed by atoms with E-state index in [0.717, 1.165) is 42.5 Å². The summed E-state index contributed by atoms with van der Waals surface area (Å²) in [6.07, 6.45) is 1.69. The lowest BCUT2D eigenvalue weighted by Crippen LogP contribution is -2.34. The van der Waals surface area contributed by atoms with E-state index < -0.39 is 6.10 Å². The number of H-pyrrole nitrogens is 1. The molecule has 0 bridgehead atoms. The van der Waals surface area contributed by atoms with Gasteiger partial charge in [-0.3, -0.25) is 9.89 Å². The molecule has 7 nitrogen and oxygen atoms in total. The summed E-state index contributed by atoms with van der Waals surface area (Å²) < 4.78 is 17.9. The lowest BCUT2D eigenvalue weighted by molar-refractivity contribution is 0.0849. The number of methoxy groups -OCH3 is 1. The largest absolute Gasteiger partial charge is 0.493 e. The van der Waals surface area contributed by atoms with Gasteiger partial charge in [0.2, 0.25) is 11.5 Å². The SMILES string of the molecule is COc1ccc2c(c1OC1CCNCC1)OC(Cc1[nH]nc3ccccc13)C2=O. The molecule has 0 aliphatic carbocycles. The van der Waals surface area contributed by atoms with E-state index in [-0.39, 0.29) is 11.9 Å². The van der Waals surface area contributed by atoms with E-state index in [1.54, 1.807) is 19.2 Å². The third kappa shape index (κ3) is 3.21. The number of para-hydroxylation sites is 1. The quantitative estimate of drug-likeness (QED) is 0.693. The van der Waals surface area contributed by atoms with Gasteiger partial charge in [0, 0.05) is 17.5 Å². The van der Waals surface area contributed by atoms with Gasteiger partial charge in [-0.15, -0.1) is 0 Å². The predicted molar refractivity (Wildman–Crippen MR) is 108 cm³/mol. The zero-order valence-electron chi connectivity index (χ0n) is 16.2. The van der Waals surface area contributed by atoms with E-state index in [1.165, 1.54) is 0 Å². The van der Waals surface area contributed by atoms with Gasteiger partial charge < -0.3 is 19.5 Å². The maximum Gasteiger partial charge on any atom is 0.207 e. The Bertz CT molecular complexity index is 1060. The lowest BCUT2D eigenvalue weighted by atomic mass is 10.0. The number of rotatable bonds is 5. The molecule has 1 atom stereocenters. The zero-order valence-corrected chi connectivity index (χ0v) is 16.2. The van der Waals surface area contributed by atoms with Crippen molar-refractivity contribution in [3.05, 3.63) is 47.7 Å². The van der Waals surface area contributed by atoms with Gasteiger partial charge in [-0.2, -0.15) is 5.10 Å². The number of aromatic amines is 1. The normalized spacial score (nSPS) is 19.2. The topological polar surface area (TPSA) is 85.5 Å². The summed E-state index contributed by atoms with van der Waals surface area (Å²) >= 11 is 0. The standard InChI is InChI=1S/C22H23N3O4/c1-27-18-7-6-15-20(26)19(12-17-14-4-2-3-5-16(14)24-25-17)29-21(15)22(18)28-13-8-10-23-11-9-13/h2-7,13,19,23H,8-12H2,1H3,(H,24,25). The maximum atomic E-state index is 13.0. The number of ketones is 1. The summed E-state index contributed by atoms with van der Waals surface area (Å²) in [4.78, 5) is 13.0. The van der Waals surface area contributed by atoms with Crippen LogP contribution in [0.5, 0.6) is 17.2 Å². The van der Waals surface area contributed by atoms with Crippen molar-refractivity contribution in [2.24, 2.45) is 0 Å². The smallest absolute Gasteiger partial charge is 0.207 e. The van der Waals surface area contributed by atoms with Gasteiger partial charge in [-0.1, -0.05) is 18.2 Å². The molecule has 3 aromatic rings. The van der Waals surface area contributed by atoms with Crippen molar-refractivity contribution in [3.63, 3.8) is 0 Å². The second kappa shape index (κ2) is 7.40. The number of nitrogens with zero attached hydrogens (tertiary/aromatic N) is 1. The molecule has 1 fully saturated rings. The molecule has 7 heteroatoms. The average Bonchev–Trinajstić information content (AvgIpc) is 3.31. The number of piperidine rings is 1. The molecule has 2 aliphatic rings. The van der Waals surface area contributed by atoms with Crippen molar-refractivity contribution < 1.29 is 19.0 Å². The van der Waals surface area contributed by atoms with E-state index in [0.29, 0.717) is 29.2 Å². The van der Waals surface area contributed by atoms with Crippen LogP contribution in [-0.4, -0.2) is 48.4 Å². The van der Waals surface area contributed by atoms with Crippen LogP contribution < -0.4 is 19.5 Å². The van der Waals surface area contributed by atoms with Crippen molar-refractivity contribution in [1.82, 2.24) is 15.5 Å². The molecule has 1 aromatic heterocycles. The Morgan fingerprint density at radius 1 is 1.17 bits per heavy atom. The van der Waals surface area contributed by atoms with Crippen molar-refractivity contribution in [2.45, 2.75) is 31.5 Å². The molecule has 150 valence electrons. The van der Waals surface area contributed by atoms with Crippen molar-refractivity contribution in [1.29, 1.82) is 0 Å². The molecule has 0 radical (unpaired) electrons. The average molecular weight is 393 g/mol. The highest BCUT2D eigenvalue weighted by molar-refractivity contribution is 6.06. The fourth-order valence-electron chi connectivity index (χ4n) is 4.07. The van der Waals surface area contributed by atoms with Crippen LogP contribution in [0.1, 0.15) is 28.9 Å². The number of hydrogen-bond donors (Lipinski definition) is 2. The number of Topliss-reactive ketones (excluding diaryl/α,β-unsaturated/α-hetero) is 1. The van der Waals surface area contributed by atoms with Crippen LogP contribution in [-0.2, 0) is 6.42 Å². The van der Waals surface area contributed by atoms with Crippen LogP contribution in [0.25, 0.3) is 10.9 Å². The predicted octanol–water partition coefficient (Wildman–Crippen LogP) is 2.89. The van der Waals surface area contributed by atoms with Crippen molar-refractivity contribution >= 4 is 16.7 Å². The highest BCUT2D eigenvalue weighted by Crippen LogP contribution is 2.45. The number of ether oxygens (including phenoxy) is 3. The molecule has 29 heavy (non-hydrogen) atoms. The minimum absolute atomic E-state index is 0.0449. The Morgan fingerprint density at radius 3 is 2.83 bits per heavy atom. The van der Waals surface area contributed by atoms with Gasteiger partial charge in [-0.25, -0.2) is 0 Å². The fraction of sp³-hybridized carbons (Fsp3) is 0.364. The van der Waals surface area contributed by atoms with Gasteiger partial charge in [0.05, 0.1) is 18.2 Å². The van der Waals surface area contributed by atoms with Crippen LogP contribution in [0.15, 0.2) is 36.4 Å². The fourth-order valence-corrected chi connectivity index (χ4v) is 4.07. The lowest BCUT2D eigenvalue weighted by Gasteiger charge is -2.25. The van der Waals surface area contributed by atoms with Gasteiger partial charge in [0.1, 0.15) is 6.10 Å². The molecule has 2 N–H and O–H groups in total. The summed E-state index contributed by atoms with van der Waals surface area (Å²) in [5.74, 6) is 1.56. The molecule has 1 unspecified atom stereocenters. The van der Waals surface area contributed by atoms with Crippen LogP contribution in [0, 0.1) is 0 Å². The Labute approximate surface area is 168 Å². The molecule has 2 aliphatic heterocycles. The van der Waals surface area contributed by atoms with Gasteiger partial charge >= 0.3 is 0 Å². The maximum absolute atomic E-state index is 13.0. The molecule has 3 heterocycles. The number of fused-ring (bicyclic) bond motifs is 2. The number of benzene rings is 2. The van der Waals surface area contributed by atoms with Crippen LogP contribution in [0.4, 0.5) is 0 Å². The summed E-state index contributed by atoms with van der Waals surface area (Å²) in [5, 5.41) is 11.7. The van der Waals surface area contributed by atoms with E-state index in [2.05, 4.69) is 15.5 Å². The molecule has 0 spiro atoms. The van der Waals surface area contributed by atoms with E-state index in [1.807, 2.05) is 24.3 Å². The molecule has 5 rings (SSSR count). The first-order valence-corrected chi connectivity index (χ1v) is 9.96. The Kier molecular flexibility index (Phi) is 4.60.